The van der Waals surface area contributed by atoms with Crippen molar-refractivity contribution < 1.29 is 9.53 Å². The fourth-order valence-corrected chi connectivity index (χ4v) is 2.14. The van der Waals surface area contributed by atoms with Crippen LogP contribution in [0.1, 0.15) is 52.8 Å². The normalized spacial score (nSPS) is 15.7. The lowest BCUT2D eigenvalue weighted by Gasteiger charge is -2.31. The lowest BCUT2D eigenvalue weighted by molar-refractivity contribution is 0.0272. The lowest BCUT2D eigenvalue weighted by Crippen LogP contribution is -2.44. The molecule has 2 heterocycles. The smallest absolute Gasteiger partial charge is 0.429 e. The third kappa shape index (κ3) is 3.83. The second-order valence-corrected chi connectivity index (χ2v) is 6.51. The number of anilines is 1. The van der Waals surface area contributed by atoms with Gasteiger partial charge in [-0.05, 0) is 27.2 Å². The maximum Gasteiger partial charge on any atom is 0.429 e. The maximum atomic E-state index is 12.3. The summed E-state index contributed by atoms with van der Waals surface area (Å²) in [6.07, 6.45) is 2.31. The van der Waals surface area contributed by atoms with Crippen molar-refractivity contribution in [3.8, 4) is 0 Å². The van der Waals surface area contributed by atoms with Crippen LogP contribution >= 0.6 is 0 Å². The van der Waals surface area contributed by atoms with Crippen molar-refractivity contribution in [2.24, 2.45) is 0 Å². The van der Waals surface area contributed by atoms with Crippen molar-refractivity contribution in [2.75, 3.05) is 18.1 Å². The predicted molar refractivity (Wildman–Crippen MR) is 81.0 cm³/mol. The highest BCUT2D eigenvalue weighted by Crippen LogP contribution is 2.23. The molecule has 1 fully saturated rings. The minimum Gasteiger partial charge on any atom is -0.442 e. The highest BCUT2D eigenvalue weighted by Gasteiger charge is 2.31. The Bertz CT molecular complexity index is 511. The number of nitrogens with zero attached hydrogens (tertiary/aromatic N) is 4. The molecule has 1 aliphatic rings. The Hall–Kier alpha value is -1.85. The van der Waals surface area contributed by atoms with Crippen molar-refractivity contribution >= 4 is 11.9 Å². The summed E-state index contributed by atoms with van der Waals surface area (Å²) < 4.78 is 5.45. The molecule has 0 N–H and O–H groups in total. The lowest BCUT2D eigenvalue weighted by atomic mass is 10.2. The summed E-state index contributed by atoms with van der Waals surface area (Å²) in [7, 11) is 0. The molecule has 2 rings (SSSR count). The van der Waals surface area contributed by atoms with E-state index in [1.54, 1.807) is 11.2 Å². The number of carbonyl (C=O) groups is 1. The summed E-state index contributed by atoms with van der Waals surface area (Å²) in [5.74, 6) is 1.78. The average Bonchev–Trinajstić information content (AvgIpc) is 2.86. The molecule has 6 heteroatoms. The number of hydrazine groups is 1. The van der Waals surface area contributed by atoms with E-state index in [0.717, 1.165) is 24.6 Å². The Morgan fingerprint density at radius 3 is 2.67 bits per heavy atom. The molecule has 116 valence electrons. The van der Waals surface area contributed by atoms with E-state index in [1.165, 1.54) is 0 Å². The van der Waals surface area contributed by atoms with Crippen molar-refractivity contribution in [3.63, 3.8) is 0 Å². The van der Waals surface area contributed by atoms with Crippen molar-refractivity contribution in [2.45, 2.75) is 52.6 Å². The van der Waals surface area contributed by atoms with E-state index < -0.39 is 5.60 Å². The standard InChI is InChI=1S/C15H24N4O2/c1-11(2)13-16-8-7-12(17-13)18-9-6-10-19(18)14(20)21-15(3,4)5/h7-8,11H,6,9-10H2,1-5H3. The fourth-order valence-electron chi connectivity index (χ4n) is 2.14. The molecule has 0 bridgehead atoms. The number of carbonyl (C=O) groups excluding carboxylic acids is 1. The first kappa shape index (κ1) is 15.5. The number of amides is 1. The van der Waals surface area contributed by atoms with Crippen LogP contribution in [0, 0.1) is 0 Å². The molecular formula is C15H24N4O2. The van der Waals surface area contributed by atoms with E-state index in [2.05, 4.69) is 23.8 Å². The van der Waals surface area contributed by atoms with Crippen molar-refractivity contribution in [1.29, 1.82) is 0 Å². The van der Waals surface area contributed by atoms with Gasteiger partial charge in [0.2, 0.25) is 0 Å². The van der Waals surface area contributed by atoms with Gasteiger partial charge < -0.3 is 4.74 Å². The predicted octanol–water partition coefficient (Wildman–Crippen LogP) is 2.96. The molecule has 1 saturated heterocycles. The summed E-state index contributed by atoms with van der Waals surface area (Å²) in [5, 5.41) is 3.50. The maximum absolute atomic E-state index is 12.3. The number of hydrogen-bond donors (Lipinski definition) is 0. The summed E-state index contributed by atoms with van der Waals surface area (Å²) in [5.41, 5.74) is -0.500. The summed E-state index contributed by atoms with van der Waals surface area (Å²) in [4.78, 5) is 21.1. The van der Waals surface area contributed by atoms with Gasteiger partial charge in [0.15, 0.2) is 5.82 Å². The number of aromatic nitrogens is 2. The Labute approximate surface area is 126 Å². The molecule has 6 nitrogen and oxygen atoms in total. The molecule has 0 radical (unpaired) electrons. The molecule has 21 heavy (non-hydrogen) atoms. The van der Waals surface area contributed by atoms with Crippen LogP contribution in [-0.2, 0) is 4.74 Å². The Morgan fingerprint density at radius 2 is 2.05 bits per heavy atom. The van der Waals surface area contributed by atoms with Gasteiger partial charge in [-0.15, -0.1) is 0 Å². The molecular weight excluding hydrogens is 268 g/mol. The molecule has 1 amide bonds. The second kappa shape index (κ2) is 5.87. The summed E-state index contributed by atoms with van der Waals surface area (Å²) >= 11 is 0. The van der Waals surface area contributed by atoms with Crippen LogP contribution in [0.3, 0.4) is 0 Å². The van der Waals surface area contributed by atoms with E-state index in [4.69, 9.17) is 4.74 Å². The van der Waals surface area contributed by atoms with Crippen LogP contribution in [0.25, 0.3) is 0 Å². The van der Waals surface area contributed by atoms with E-state index >= 15 is 0 Å². The zero-order chi connectivity index (χ0) is 15.6. The van der Waals surface area contributed by atoms with Gasteiger partial charge in [0.05, 0.1) is 0 Å². The highest BCUT2D eigenvalue weighted by molar-refractivity contribution is 5.71. The first-order chi connectivity index (χ1) is 9.78. The van der Waals surface area contributed by atoms with E-state index in [1.807, 2.05) is 31.8 Å². The molecule has 0 aromatic carbocycles. The Kier molecular flexibility index (Phi) is 4.34. The minimum absolute atomic E-state index is 0.252. The van der Waals surface area contributed by atoms with Crippen LogP contribution < -0.4 is 5.01 Å². The fraction of sp³-hybridized carbons (Fsp3) is 0.667. The van der Waals surface area contributed by atoms with Crippen molar-refractivity contribution in [3.05, 3.63) is 18.1 Å². The number of ether oxygens (including phenoxy) is 1. The highest BCUT2D eigenvalue weighted by atomic mass is 16.6. The molecule has 0 atom stereocenters. The van der Waals surface area contributed by atoms with Gasteiger partial charge in [-0.25, -0.2) is 19.8 Å². The first-order valence-corrected chi connectivity index (χ1v) is 7.39. The van der Waals surface area contributed by atoms with Gasteiger partial charge in [0.1, 0.15) is 11.4 Å². The molecule has 1 aromatic rings. The average molecular weight is 292 g/mol. The number of rotatable bonds is 2. The van der Waals surface area contributed by atoms with Gasteiger partial charge in [0.25, 0.3) is 0 Å². The van der Waals surface area contributed by atoms with Gasteiger partial charge in [-0.3, -0.25) is 5.01 Å². The van der Waals surface area contributed by atoms with Crippen LogP contribution in [0.15, 0.2) is 12.3 Å². The van der Waals surface area contributed by atoms with Crippen LogP contribution in [0.5, 0.6) is 0 Å². The zero-order valence-corrected chi connectivity index (χ0v) is 13.5. The van der Waals surface area contributed by atoms with Crippen molar-refractivity contribution in [1.82, 2.24) is 15.0 Å². The van der Waals surface area contributed by atoms with Crippen LogP contribution in [-0.4, -0.2) is 39.8 Å². The third-order valence-corrected chi connectivity index (χ3v) is 3.08. The monoisotopic (exact) mass is 292 g/mol. The molecule has 0 saturated carbocycles. The number of hydrogen-bond acceptors (Lipinski definition) is 5. The quantitative estimate of drug-likeness (QED) is 0.838. The van der Waals surface area contributed by atoms with E-state index in [9.17, 15) is 4.79 Å². The Morgan fingerprint density at radius 1 is 1.33 bits per heavy atom. The summed E-state index contributed by atoms with van der Waals surface area (Å²) in [6.45, 7) is 11.1. The molecule has 1 aliphatic heterocycles. The van der Waals surface area contributed by atoms with E-state index in [-0.39, 0.29) is 12.0 Å². The van der Waals surface area contributed by atoms with E-state index in [0.29, 0.717) is 6.54 Å². The molecule has 1 aromatic heterocycles. The zero-order valence-electron chi connectivity index (χ0n) is 13.5. The van der Waals surface area contributed by atoms with Gasteiger partial charge in [-0.1, -0.05) is 13.8 Å². The van der Waals surface area contributed by atoms with Gasteiger partial charge in [0, 0.05) is 31.3 Å². The molecule has 0 unspecified atom stereocenters. The largest absolute Gasteiger partial charge is 0.442 e. The second-order valence-electron chi connectivity index (χ2n) is 6.51. The topological polar surface area (TPSA) is 58.6 Å². The first-order valence-electron chi connectivity index (χ1n) is 7.39. The molecule has 0 aliphatic carbocycles. The minimum atomic E-state index is -0.500. The third-order valence-electron chi connectivity index (χ3n) is 3.08. The van der Waals surface area contributed by atoms with Crippen LogP contribution in [0.4, 0.5) is 10.6 Å². The summed E-state index contributed by atoms with van der Waals surface area (Å²) in [6, 6.07) is 1.83. The Balaban J connectivity index is 2.18. The van der Waals surface area contributed by atoms with Crippen LogP contribution in [0.2, 0.25) is 0 Å². The van der Waals surface area contributed by atoms with Gasteiger partial charge in [-0.2, -0.15) is 0 Å². The SMILES string of the molecule is CC(C)c1nccc(N2CCCN2C(=O)OC(C)(C)C)n1. The van der Waals surface area contributed by atoms with Gasteiger partial charge >= 0.3 is 6.09 Å². The molecule has 0 spiro atoms.